The number of piperidine rings is 1. The van der Waals surface area contributed by atoms with Crippen LogP contribution in [0, 0.1) is 0 Å². The standard InChI is InChI=1S/C22H28BrClN6O/c1-2-26-19-18(23)20(28-15-27-19)29-11-13-30(14-12-29)21(31)22(7-9-25-10-8-22)16-3-5-17(24)6-4-16/h3-6,15,25H,2,7-14H2,1H3,(H,26,27,28). The van der Waals surface area contributed by atoms with Gasteiger partial charge in [-0.3, -0.25) is 4.79 Å². The quantitative estimate of drug-likeness (QED) is 0.647. The predicted octanol–water partition coefficient (Wildman–Crippen LogP) is 3.29. The van der Waals surface area contributed by atoms with Crippen molar-refractivity contribution >= 4 is 45.1 Å². The van der Waals surface area contributed by atoms with Gasteiger partial charge in [-0.2, -0.15) is 0 Å². The number of hydrogen-bond donors (Lipinski definition) is 2. The Morgan fingerprint density at radius 1 is 1.16 bits per heavy atom. The van der Waals surface area contributed by atoms with Crippen molar-refractivity contribution in [1.82, 2.24) is 20.2 Å². The van der Waals surface area contributed by atoms with Gasteiger partial charge >= 0.3 is 0 Å². The molecule has 9 heteroatoms. The van der Waals surface area contributed by atoms with Crippen LogP contribution in [-0.4, -0.2) is 66.6 Å². The Balaban J connectivity index is 1.50. The third kappa shape index (κ3) is 4.52. The van der Waals surface area contributed by atoms with Crippen molar-refractivity contribution in [2.24, 2.45) is 0 Å². The van der Waals surface area contributed by atoms with E-state index in [1.807, 2.05) is 36.1 Å². The molecular weight excluding hydrogens is 480 g/mol. The van der Waals surface area contributed by atoms with E-state index in [-0.39, 0.29) is 5.91 Å². The van der Waals surface area contributed by atoms with E-state index < -0.39 is 5.41 Å². The van der Waals surface area contributed by atoms with Gasteiger partial charge in [0.2, 0.25) is 5.91 Å². The van der Waals surface area contributed by atoms with Gasteiger partial charge in [0.25, 0.3) is 0 Å². The van der Waals surface area contributed by atoms with Crippen LogP contribution in [0.5, 0.6) is 0 Å². The van der Waals surface area contributed by atoms with Crippen LogP contribution in [0.2, 0.25) is 5.02 Å². The molecule has 2 fully saturated rings. The van der Waals surface area contributed by atoms with Gasteiger partial charge in [0.15, 0.2) is 0 Å². The van der Waals surface area contributed by atoms with E-state index in [4.69, 9.17) is 11.6 Å². The monoisotopic (exact) mass is 506 g/mol. The number of nitrogens with one attached hydrogen (secondary N) is 2. The average Bonchev–Trinajstić information content (AvgIpc) is 2.81. The summed E-state index contributed by atoms with van der Waals surface area (Å²) in [7, 11) is 0. The molecule has 1 aromatic carbocycles. The van der Waals surface area contributed by atoms with E-state index in [2.05, 4.69) is 41.4 Å². The molecule has 0 atom stereocenters. The van der Waals surface area contributed by atoms with Gasteiger partial charge in [-0.25, -0.2) is 9.97 Å². The molecule has 2 aliphatic rings. The van der Waals surface area contributed by atoms with E-state index in [1.54, 1.807) is 6.33 Å². The summed E-state index contributed by atoms with van der Waals surface area (Å²) in [4.78, 5) is 26.8. The minimum atomic E-state index is -0.480. The van der Waals surface area contributed by atoms with Crippen molar-refractivity contribution in [2.75, 3.05) is 56.0 Å². The van der Waals surface area contributed by atoms with E-state index in [0.29, 0.717) is 18.1 Å². The SMILES string of the molecule is CCNc1ncnc(N2CCN(C(=O)C3(c4ccc(Cl)cc4)CCNCC3)CC2)c1Br. The highest BCUT2D eigenvalue weighted by Gasteiger charge is 2.44. The van der Waals surface area contributed by atoms with Gasteiger partial charge in [0.1, 0.15) is 22.4 Å². The van der Waals surface area contributed by atoms with E-state index in [0.717, 1.165) is 67.2 Å². The first-order valence-electron chi connectivity index (χ1n) is 10.8. The number of rotatable bonds is 5. The van der Waals surface area contributed by atoms with Crippen LogP contribution < -0.4 is 15.5 Å². The number of amides is 1. The number of aromatic nitrogens is 2. The molecule has 166 valence electrons. The fourth-order valence-electron chi connectivity index (χ4n) is 4.54. The lowest BCUT2D eigenvalue weighted by Crippen LogP contribution is -2.57. The number of carbonyl (C=O) groups excluding carboxylic acids is 1. The van der Waals surface area contributed by atoms with Crippen molar-refractivity contribution in [3.8, 4) is 0 Å². The van der Waals surface area contributed by atoms with Crippen LogP contribution in [0.4, 0.5) is 11.6 Å². The molecule has 0 spiro atoms. The molecule has 7 nitrogen and oxygen atoms in total. The molecule has 0 saturated carbocycles. The number of anilines is 2. The molecular formula is C22H28BrClN6O. The van der Waals surface area contributed by atoms with E-state index >= 15 is 0 Å². The molecule has 0 radical (unpaired) electrons. The molecule has 1 amide bonds. The zero-order chi connectivity index (χ0) is 21.8. The first kappa shape index (κ1) is 22.3. The fourth-order valence-corrected chi connectivity index (χ4v) is 5.27. The molecule has 3 heterocycles. The predicted molar refractivity (Wildman–Crippen MR) is 128 cm³/mol. The van der Waals surface area contributed by atoms with Gasteiger partial charge < -0.3 is 20.4 Å². The molecule has 1 aromatic heterocycles. The second-order valence-electron chi connectivity index (χ2n) is 8.01. The maximum absolute atomic E-state index is 13.8. The lowest BCUT2D eigenvalue weighted by Gasteiger charge is -2.43. The third-order valence-electron chi connectivity index (χ3n) is 6.25. The van der Waals surface area contributed by atoms with Crippen LogP contribution in [0.25, 0.3) is 0 Å². The first-order chi connectivity index (χ1) is 15.0. The largest absolute Gasteiger partial charge is 0.369 e. The Hall–Kier alpha value is -1.90. The Morgan fingerprint density at radius 2 is 1.84 bits per heavy atom. The second kappa shape index (κ2) is 9.71. The summed E-state index contributed by atoms with van der Waals surface area (Å²) >= 11 is 9.75. The molecule has 2 aromatic rings. The number of nitrogens with zero attached hydrogens (tertiary/aromatic N) is 4. The molecule has 2 aliphatic heterocycles. The zero-order valence-electron chi connectivity index (χ0n) is 17.7. The lowest BCUT2D eigenvalue weighted by atomic mass is 9.72. The Bertz CT molecular complexity index is 911. The zero-order valence-corrected chi connectivity index (χ0v) is 20.0. The Labute approximate surface area is 196 Å². The van der Waals surface area contributed by atoms with Crippen LogP contribution in [-0.2, 0) is 10.2 Å². The van der Waals surface area contributed by atoms with Crippen molar-refractivity contribution < 1.29 is 4.79 Å². The summed E-state index contributed by atoms with van der Waals surface area (Å²) in [6.07, 6.45) is 3.19. The van der Waals surface area contributed by atoms with Crippen LogP contribution in [0.15, 0.2) is 35.1 Å². The third-order valence-corrected chi connectivity index (χ3v) is 7.23. The maximum Gasteiger partial charge on any atom is 0.233 e. The topological polar surface area (TPSA) is 73.4 Å². The Kier molecular flexibility index (Phi) is 6.99. The molecule has 4 rings (SSSR count). The van der Waals surface area contributed by atoms with Crippen molar-refractivity contribution in [2.45, 2.75) is 25.2 Å². The summed E-state index contributed by atoms with van der Waals surface area (Å²) in [6.45, 7) is 7.34. The fraction of sp³-hybridized carbons (Fsp3) is 0.500. The summed E-state index contributed by atoms with van der Waals surface area (Å²) in [5.74, 6) is 1.89. The molecule has 0 aliphatic carbocycles. The first-order valence-corrected chi connectivity index (χ1v) is 12.0. The second-order valence-corrected chi connectivity index (χ2v) is 9.24. The average molecular weight is 508 g/mol. The van der Waals surface area contributed by atoms with Crippen LogP contribution in [0.3, 0.4) is 0 Å². The van der Waals surface area contributed by atoms with E-state index in [9.17, 15) is 4.79 Å². The van der Waals surface area contributed by atoms with Gasteiger partial charge in [-0.15, -0.1) is 0 Å². The van der Waals surface area contributed by atoms with Crippen molar-refractivity contribution in [1.29, 1.82) is 0 Å². The minimum absolute atomic E-state index is 0.228. The highest BCUT2D eigenvalue weighted by atomic mass is 79.9. The molecule has 0 unspecified atom stereocenters. The number of hydrogen-bond acceptors (Lipinski definition) is 6. The number of halogens is 2. The number of carbonyl (C=O) groups is 1. The molecule has 2 saturated heterocycles. The number of benzene rings is 1. The normalized spacial score (nSPS) is 18.7. The van der Waals surface area contributed by atoms with E-state index in [1.165, 1.54) is 0 Å². The Morgan fingerprint density at radius 3 is 2.48 bits per heavy atom. The summed E-state index contributed by atoms with van der Waals surface area (Å²) in [5, 5.41) is 7.34. The number of piperazine rings is 1. The van der Waals surface area contributed by atoms with Gasteiger partial charge in [-0.05, 0) is 66.5 Å². The van der Waals surface area contributed by atoms with Crippen molar-refractivity contribution in [3.05, 3.63) is 45.7 Å². The maximum atomic E-state index is 13.8. The minimum Gasteiger partial charge on any atom is -0.369 e. The van der Waals surface area contributed by atoms with Crippen LogP contribution >= 0.6 is 27.5 Å². The van der Waals surface area contributed by atoms with Crippen molar-refractivity contribution in [3.63, 3.8) is 0 Å². The summed E-state index contributed by atoms with van der Waals surface area (Å²) < 4.78 is 0.868. The van der Waals surface area contributed by atoms with Gasteiger partial charge in [0.05, 0.1) is 5.41 Å². The molecule has 0 bridgehead atoms. The highest BCUT2D eigenvalue weighted by molar-refractivity contribution is 9.10. The summed E-state index contributed by atoms with van der Waals surface area (Å²) in [6, 6.07) is 7.81. The smallest absolute Gasteiger partial charge is 0.233 e. The summed E-state index contributed by atoms with van der Waals surface area (Å²) in [5.41, 5.74) is 0.589. The lowest BCUT2D eigenvalue weighted by molar-refractivity contribution is -0.139. The molecule has 2 N–H and O–H groups in total. The van der Waals surface area contributed by atoms with Gasteiger partial charge in [-0.1, -0.05) is 23.7 Å². The van der Waals surface area contributed by atoms with Crippen LogP contribution in [0.1, 0.15) is 25.3 Å². The highest BCUT2D eigenvalue weighted by Crippen LogP contribution is 2.37. The van der Waals surface area contributed by atoms with Gasteiger partial charge in [0, 0.05) is 37.7 Å². The molecule has 31 heavy (non-hydrogen) atoms.